The van der Waals surface area contributed by atoms with Crippen LogP contribution < -0.4 is 45.5 Å². The summed E-state index contributed by atoms with van der Waals surface area (Å²) in [4.78, 5) is 124. The van der Waals surface area contributed by atoms with E-state index in [0.29, 0.717) is 92.0 Å². The average molecular weight is 1980 g/mol. The maximum absolute atomic E-state index is 16.0. The molecule has 720 valence electrons. The Balaban J connectivity index is 0.000000121. The molecule has 140 heavy (non-hydrogen) atoms. The van der Waals surface area contributed by atoms with Crippen LogP contribution in [-0.4, -0.2) is 150 Å². The van der Waals surface area contributed by atoms with E-state index in [1.54, 1.807) is 58.5 Å². The number of hydrogen-bond acceptors (Lipinski definition) is 24. The first-order valence-corrected chi connectivity index (χ1v) is 47.4. The zero-order valence-electron chi connectivity index (χ0n) is 74.5. The highest BCUT2D eigenvalue weighted by atomic mass is 32.1. The fourth-order valence-electron chi connectivity index (χ4n) is 22.3. The van der Waals surface area contributed by atoms with E-state index in [1.165, 1.54) is 87.3 Å². The third-order valence-electron chi connectivity index (χ3n) is 28.0. The SMILES string of the molecule is COC(=O)OCOc1c2n(ccc1=O)N(C1c3ccccc3-c3scc4c3-c3c1ccc(F)c3C(F)(F)C4)C1CCCCN1C2=O.COC(=O)OCOc1c2n(ccc1=O)N([C@@H]1c3ccccc3-c3scc4c3-c3c1ccc(F)c3C(F)(F)C4)[C@@H]1CC(C)(F)CCN1C2=O.COC(=O)OCOc1c2n(ccc1=O)N([C@@H]1c3ccccc3-c3scc4c3-c3c1ccc(F)c3C(F)(F)C4)[C@@H]1CCCCN1C2=O. The minimum Gasteiger partial charge on any atom is -0.451 e. The molecule has 40 heteroatoms. The van der Waals surface area contributed by atoms with Gasteiger partial charge in [-0.1, -0.05) is 91.0 Å². The molecular weight excluding hydrogens is 1900 g/mol. The van der Waals surface area contributed by atoms with Crippen molar-refractivity contribution in [3.8, 4) is 82.0 Å². The highest BCUT2D eigenvalue weighted by molar-refractivity contribution is 7.15. The Morgan fingerprint density at radius 3 is 1.01 bits per heavy atom. The summed E-state index contributed by atoms with van der Waals surface area (Å²) < 4.78 is 207. The first-order chi connectivity index (χ1) is 67.3. The van der Waals surface area contributed by atoms with Crippen molar-refractivity contribution >= 4 is 70.2 Å². The van der Waals surface area contributed by atoms with Crippen molar-refractivity contribution in [3.05, 3.63) is 294 Å². The van der Waals surface area contributed by atoms with Crippen molar-refractivity contribution in [3.63, 3.8) is 0 Å². The summed E-state index contributed by atoms with van der Waals surface area (Å²) in [5.74, 6) is -16.0. The molecule has 12 aromatic rings. The van der Waals surface area contributed by atoms with Gasteiger partial charge in [0.15, 0.2) is 17.1 Å². The van der Waals surface area contributed by atoms with Gasteiger partial charge in [-0.15, -0.1) is 34.0 Å². The number of thiophene rings is 3. The van der Waals surface area contributed by atoms with E-state index in [4.69, 9.17) is 28.4 Å². The number of halogens is 10. The summed E-state index contributed by atoms with van der Waals surface area (Å²) in [5.41, 5.74) is 3.19. The van der Waals surface area contributed by atoms with Crippen molar-refractivity contribution in [1.29, 1.82) is 0 Å². The molecule has 6 aromatic carbocycles. The Kier molecular flexibility index (Phi) is 22.0. The van der Waals surface area contributed by atoms with Crippen LogP contribution in [0.5, 0.6) is 17.2 Å². The minimum atomic E-state index is -3.52. The normalized spacial score (nSPS) is 21.1. The predicted octanol–water partition coefficient (Wildman–Crippen LogP) is 18.8. The summed E-state index contributed by atoms with van der Waals surface area (Å²) in [5, 5.41) is 10.7. The van der Waals surface area contributed by atoms with Gasteiger partial charge in [-0.25, -0.2) is 58.3 Å². The van der Waals surface area contributed by atoms with Gasteiger partial charge in [0.2, 0.25) is 53.9 Å². The molecule has 3 amide bonds. The first kappa shape index (κ1) is 90.7. The lowest BCUT2D eigenvalue weighted by Crippen LogP contribution is -2.66. The molecule has 6 aromatic heterocycles. The lowest BCUT2D eigenvalue weighted by molar-refractivity contribution is -0.00902. The molecule has 24 rings (SSSR count). The van der Waals surface area contributed by atoms with Gasteiger partial charge in [-0.05, 0) is 153 Å². The molecule has 12 heterocycles. The highest BCUT2D eigenvalue weighted by Gasteiger charge is 2.58. The van der Waals surface area contributed by atoms with Gasteiger partial charge in [0.05, 0.1) is 56.1 Å². The molecule has 6 aliphatic heterocycles. The first-order valence-electron chi connectivity index (χ1n) is 44.8. The molecule has 27 nitrogen and oxygen atoms in total. The number of benzene rings is 6. The number of alkyl halides is 7. The predicted molar refractivity (Wildman–Crippen MR) is 488 cm³/mol. The second-order valence-corrected chi connectivity index (χ2v) is 38.4. The molecule has 3 unspecified atom stereocenters. The van der Waals surface area contributed by atoms with Crippen LogP contribution in [0.15, 0.2) is 177 Å². The second kappa shape index (κ2) is 34.0. The topological polar surface area (TPSA) is 271 Å². The fourth-order valence-corrected chi connectivity index (χ4v) is 25.7. The maximum Gasteiger partial charge on any atom is 0.510 e. The number of carbonyl (C=O) groups is 6. The quantitative estimate of drug-likeness (QED) is 0.0476. The molecular formula is C100H79F10N9O18S3. The monoisotopic (exact) mass is 1980 g/mol. The third kappa shape index (κ3) is 14.2. The van der Waals surface area contributed by atoms with Gasteiger partial charge in [-0.3, -0.25) is 57.8 Å². The van der Waals surface area contributed by atoms with E-state index >= 15 is 43.9 Å². The Morgan fingerprint density at radius 1 is 0.379 bits per heavy atom. The van der Waals surface area contributed by atoms with E-state index in [2.05, 4.69) is 14.2 Å². The Morgan fingerprint density at radius 2 is 0.686 bits per heavy atom. The van der Waals surface area contributed by atoms with Crippen LogP contribution in [0.2, 0.25) is 0 Å². The van der Waals surface area contributed by atoms with Crippen molar-refractivity contribution in [2.75, 3.05) is 76.4 Å². The molecule has 0 spiro atoms. The number of pyridine rings is 3. The van der Waals surface area contributed by atoms with E-state index in [0.717, 1.165) is 103 Å². The zero-order valence-corrected chi connectivity index (χ0v) is 76.9. The van der Waals surface area contributed by atoms with Crippen molar-refractivity contribution in [2.45, 2.75) is 138 Å². The van der Waals surface area contributed by atoms with Crippen molar-refractivity contribution in [2.24, 2.45) is 0 Å². The largest absolute Gasteiger partial charge is 0.510 e. The van der Waals surface area contributed by atoms with Crippen LogP contribution in [0, 0.1) is 17.5 Å². The maximum atomic E-state index is 16.0. The highest BCUT2D eigenvalue weighted by Crippen LogP contribution is 2.64. The molecule has 0 saturated carbocycles. The fraction of sp³-hybridized carbons (Fsp3) is 0.310. The summed E-state index contributed by atoms with van der Waals surface area (Å²) in [6.07, 6.45) is 1.23. The molecule has 3 saturated heterocycles. The summed E-state index contributed by atoms with van der Waals surface area (Å²) in [6.45, 7) is 0.0432. The number of piperidine rings is 3. The molecule has 6 aliphatic carbocycles. The van der Waals surface area contributed by atoms with E-state index in [9.17, 15) is 43.2 Å². The molecule has 7 atom stereocenters. The van der Waals surface area contributed by atoms with Crippen LogP contribution in [0.1, 0.15) is 175 Å². The van der Waals surface area contributed by atoms with E-state index in [1.807, 2.05) is 76.7 Å². The van der Waals surface area contributed by atoms with Crippen LogP contribution in [-0.2, 0) is 65.5 Å². The van der Waals surface area contributed by atoms with Gasteiger partial charge in [0.25, 0.3) is 35.5 Å². The number of amides is 3. The van der Waals surface area contributed by atoms with E-state index in [-0.39, 0.29) is 64.7 Å². The Labute approximate surface area is 799 Å². The molecule has 0 bridgehead atoms. The molecule has 0 radical (unpaired) electrons. The van der Waals surface area contributed by atoms with Gasteiger partial charge >= 0.3 is 18.5 Å². The van der Waals surface area contributed by atoms with Crippen LogP contribution in [0.4, 0.5) is 58.3 Å². The Bertz CT molecular complexity index is 7200. The number of ether oxygens (including phenoxy) is 9. The Hall–Kier alpha value is -14.4. The van der Waals surface area contributed by atoms with Gasteiger partial charge in [0.1, 0.15) is 41.6 Å². The van der Waals surface area contributed by atoms with Crippen LogP contribution in [0.3, 0.4) is 0 Å². The zero-order chi connectivity index (χ0) is 97.5. The number of hydrogen-bond donors (Lipinski definition) is 0. The summed E-state index contributed by atoms with van der Waals surface area (Å²) in [6, 6.07) is 31.4. The number of nitrogens with zero attached hydrogens (tertiary/aromatic N) is 9. The lowest BCUT2D eigenvalue weighted by Gasteiger charge is -2.54. The smallest absolute Gasteiger partial charge is 0.451 e. The minimum absolute atomic E-state index is 0.00184. The number of carbonyl (C=O) groups excluding carboxylic acids is 6. The van der Waals surface area contributed by atoms with E-state index < -0.39 is 192 Å². The number of rotatable bonds is 12. The summed E-state index contributed by atoms with van der Waals surface area (Å²) in [7, 11) is 3.33. The number of methoxy groups -OCH3 is 3. The van der Waals surface area contributed by atoms with Gasteiger partial charge in [0, 0.05) is 130 Å². The van der Waals surface area contributed by atoms with Crippen LogP contribution in [0.25, 0.3) is 64.7 Å². The van der Waals surface area contributed by atoms with Gasteiger partial charge in [-0.2, -0.15) is 0 Å². The molecule has 3 fully saturated rings. The van der Waals surface area contributed by atoms with Crippen molar-refractivity contribution < 1.29 is 115 Å². The lowest BCUT2D eigenvalue weighted by atomic mass is 9.80. The average Bonchev–Trinajstić information content (AvgIpc) is 1.50. The standard InChI is InChI=1S/C34H27F4N3O6S.2C33H26F3N3O6S/c1-33(36)10-12-39-23(14-33)41(40-11-9-22(42)29(28(40)31(39)43)46-16-47-32(44)45-2)27-18-5-3-4-6-19(18)30-24-17(15-48-30)13-34(37,38)26-21(35)8-7-20(27)25(24)26;2*1-43-32(42)45-16-44-29-22(40)11-13-38-28(29)31(41)37-12-5-4-8-23(37)39(38)27-18-6-2-3-7-19(18)30-24-17(15-46-30)14-33(35,36)26-21(34)10-9-20(27)25(24)26/h3-9,11,15,23,27H,10,12-14,16H2,1-2H3;2*2-3,6-7,9-11,13,15,23,27H,4-5,8,12,14,16H2,1H3/t23-,27-,33?;23-,27-;/m11./s1. The second-order valence-electron chi connectivity index (χ2n) is 35.8. The summed E-state index contributed by atoms with van der Waals surface area (Å²) >= 11 is 4.00. The molecule has 0 N–H and O–H groups in total. The van der Waals surface area contributed by atoms with Gasteiger partial charge < -0.3 is 57.3 Å². The number of aromatic nitrogens is 3. The molecule has 12 aliphatic rings. The third-order valence-corrected chi connectivity index (χ3v) is 31.2. The van der Waals surface area contributed by atoms with Crippen molar-refractivity contribution in [1.82, 2.24) is 28.7 Å². The number of fused-ring (bicyclic) bond motifs is 12. The van der Waals surface area contributed by atoms with Crippen LogP contribution >= 0.6 is 34.0 Å².